The summed E-state index contributed by atoms with van der Waals surface area (Å²) in [6.07, 6.45) is 5.02. The first-order chi connectivity index (χ1) is 8.31. The van der Waals surface area contributed by atoms with E-state index in [2.05, 4.69) is 43.0 Å². The SMILES string of the molecule is C=CC1C[N+]2(Cc3ccccc3)CCC1CC2. The second-order valence-corrected chi connectivity index (χ2v) is 5.85. The summed E-state index contributed by atoms with van der Waals surface area (Å²) in [6.45, 7) is 9.33. The molecule has 1 nitrogen and oxygen atoms in total. The largest absolute Gasteiger partial charge is 0.319 e. The van der Waals surface area contributed by atoms with E-state index in [1.165, 1.54) is 49.1 Å². The summed E-state index contributed by atoms with van der Waals surface area (Å²) < 4.78 is 1.30. The number of hydrogen-bond acceptors (Lipinski definition) is 0. The summed E-state index contributed by atoms with van der Waals surface area (Å²) >= 11 is 0. The Morgan fingerprint density at radius 2 is 1.88 bits per heavy atom. The van der Waals surface area contributed by atoms with Crippen molar-refractivity contribution in [3.05, 3.63) is 48.6 Å². The molecule has 1 heteroatoms. The van der Waals surface area contributed by atoms with Crippen molar-refractivity contribution in [2.75, 3.05) is 19.6 Å². The standard InChI is InChI=1S/C16H22N/c1-2-15-13-17(10-8-16(15)9-11-17)12-14-6-4-3-5-7-14/h2-7,15-16H,1,8-13H2/q+1. The smallest absolute Gasteiger partial charge is 0.104 e. The van der Waals surface area contributed by atoms with Crippen molar-refractivity contribution in [3.63, 3.8) is 0 Å². The van der Waals surface area contributed by atoms with Crippen molar-refractivity contribution < 1.29 is 4.48 Å². The van der Waals surface area contributed by atoms with Gasteiger partial charge in [0.05, 0.1) is 19.6 Å². The number of benzene rings is 1. The van der Waals surface area contributed by atoms with E-state index >= 15 is 0 Å². The number of piperidine rings is 3. The van der Waals surface area contributed by atoms with Crippen LogP contribution in [0.5, 0.6) is 0 Å². The Balaban J connectivity index is 1.79. The molecule has 0 radical (unpaired) electrons. The molecule has 1 aromatic carbocycles. The van der Waals surface area contributed by atoms with E-state index in [1.807, 2.05) is 0 Å². The van der Waals surface area contributed by atoms with Gasteiger partial charge in [0.15, 0.2) is 0 Å². The van der Waals surface area contributed by atoms with Crippen LogP contribution in [0.25, 0.3) is 0 Å². The van der Waals surface area contributed by atoms with Crippen LogP contribution in [0.1, 0.15) is 18.4 Å². The number of nitrogens with zero attached hydrogens (tertiary/aromatic N) is 1. The Hall–Kier alpha value is -1.08. The summed E-state index contributed by atoms with van der Waals surface area (Å²) in [5, 5.41) is 0. The summed E-state index contributed by atoms with van der Waals surface area (Å²) in [5.41, 5.74) is 1.50. The highest BCUT2D eigenvalue weighted by molar-refractivity contribution is 5.13. The maximum atomic E-state index is 4.03. The molecule has 0 saturated carbocycles. The Morgan fingerprint density at radius 1 is 1.18 bits per heavy atom. The van der Waals surface area contributed by atoms with Gasteiger partial charge in [0.25, 0.3) is 0 Å². The molecule has 0 amide bonds. The molecule has 90 valence electrons. The first-order valence-electron chi connectivity index (χ1n) is 6.83. The number of quaternary nitrogens is 1. The van der Waals surface area contributed by atoms with Crippen LogP contribution in [0.2, 0.25) is 0 Å². The lowest BCUT2D eigenvalue weighted by Crippen LogP contribution is -2.60. The molecule has 2 bridgehead atoms. The van der Waals surface area contributed by atoms with Crippen LogP contribution in [0, 0.1) is 11.8 Å². The van der Waals surface area contributed by atoms with Gasteiger partial charge in [0.2, 0.25) is 0 Å². The highest BCUT2D eigenvalue weighted by atomic mass is 15.4. The van der Waals surface area contributed by atoms with Crippen LogP contribution in [-0.4, -0.2) is 24.1 Å². The van der Waals surface area contributed by atoms with Crippen molar-refractivity contribution in [2.24, 2.45) is 11.8 Å². The highest BCUT2D eigenvalue weighted by Crippen LogP contribution is 2.39. The average Bonchev–Trinajstić information content (AvgIpc) is 2.40. The summed E-state index contributed by atoms with van der Waals surface area (Å²) in [5.74, 6) is 1.70. The van der Waals surface area contributed by atoms with Crippen LogP contribution in [0.15, 0.2) is 43.0 Å². The molecular weight excluding hydrogens is 206 g/mol. The second kappa shape index (κ2) is 4.30. The van der Waals surface area contributed by atoms with Crippen LogP contribution in [0.4, 0.5) is 0 Å². The Bertz CT molecular complexity index is 387. The third-order valence-electron chi connectivity index (χ3n) is 4.82. The maximum absolute atomic E-state index is 4.03. The molecule has 17 heavy (non-hydrogen) atoms. The molecule has 0 aromatic heterocycles. The van der Waals surface area contributed by atoms with Crippen LogP contribution < -0.4 is 0 Å². The minimum Gasteiger partial charge on any atom is -0.319 e. The topological polar surface area (TPSA) is 0 Å². The van der Waals surface area contributed by atoms with Gasteiger partial charge >= 0.3 is 0 Å². The van der Waals surface area contributed by atoms with Gasteiger partial charge in [-0.25, -0.2) is 0 Å². The fourth-order valence-electron chi connectivity index (χ4n) is 3.80. The fourth-order valence-corrected chi connectivity index (χ4v) is 3.80. The maximum Gasteiger partial charge on any atom is 0.104 e. The molecule has 0 N–H and O–H groups in total. The molecule has 1 atom stereocenters. The summed E-state index contributed by atoms with van der Waals surface area (Å²) in [4.78, 5) is 0. The molecule has 0 spiro atoms. The molecule has 3 aliphatic heterocycles. The van der Waals surface area contributed by atoms with Crippen molar-refractivity contribution in [3.8, 4) is 0 Å². The number of hydrogen-bond donors (Lipinski definition) is 0. The molecule has 1 aromatic rings. The highest BCUT2D eigenvalue weighted by Gasteiger charge is 2.44. The number of fused-ring (bicyclic) bond motifs is 3. The summed E-state index contributed by atoms with van der Waals surface area (Å²) in [7, 11) is 0. The molecule has 3 fully saturated rings. The molecule has 4 rings (SSSR count). The predicted molar refractivity (Wildman–Crippen MR) is 71.4 cm³/mol. The van der Waals surface area contributed by atoms with Gasteiger partial charge in [-0.3, -0.25) is 0 Å². The van der Waals surface area contributed by atoms with Crippen molar-refractivity contribution in [1.82, 2.24) is 0 Å². The zero-order chi connectivity index (χ0) is 11.7. The average molecular weight is 228 g/mol. The zero-order valence-corrected chi connectivity index (χ0v) is 10.5. The van der Waals surface area contributed by atoms with Gasteiger partial charge < -0.3 is 4.48 Å². The van der Waals surface area contributed by atoms with Crippen LogP contribution in [0.3, 0.4) is 0 Å². The van der Waals surface area contributed by atoms with Gasteiger partial charge in [-0.2, -0.15) is 0 Å². The minimum absolute atomic E-state index is 0.765. The van der Waals surface area contributed by atoms with Gasteiger partial charge in [-0.1, -0.05) is 36.4 Å². The Kier molecular flexibility index (Phi) is 2.79. The minimum atomic E-state index is 0.765. The van der Waals surface area contributed by atoms with E-state index in [1.54, 1.807) is 0 Å². The lowest BCUT2D eigenvalue weighted by atomic mass is 9.77. The van der Waals surface area contributed by atoms with Crippen LogP contribution >= 0.6 is 0 Å². The molecule has 0 aliphatic carbocycles. The van der Waals surface area contributed by atoms with Gasteiger partial charge in [-0.05, 0) is 5.92 Å². The first-order valence-corrected chi connectivity index (χ1v) is 6.83. The van der Waals surface area contributed by atoms with E-state index in [9.17, 15) is 0 Å². The third-order valence-corrected chi connectivity index (χ3v) is 4.82. The molecule has 3 heterocycles. The van der Waals surface area contributed by atoms with E-state index in [0.29, 0.717) is 0 Å². The quantitative estimate of drug-likeness (QED) is 0.550. The lowest BCUT2D eigenvalue weighted by Gasteiger charge is -2.52. The van der Waals surface area contributed by atoms with E-state index in [-0.39, 0.29) is 0 Å². The molecule has 3 saturated heterocycles. The lowest BCUT2D eigenvalue weighted by molar-refractivity contribution is -0.958. The van der Waals surface area contributed by atoms with E-state index in [0.717, 1.165) is 11.8 Å². The Labute approximate surface area is 104 Å². The fraction of sp³-hybridized carbons (Fsp3) is 0.500. The van der Waals surface area contributed by atoms with Crippen LogP contribution in [-0.2, 0) is 6.54 Å². The molecule has 3 aliphatic rings. The predicted octanol–water partition coefficient (Wildman–Crippen LogP) is 3.23. The summed E-state index contributed by atoms with van der Waals surface area (Å²) in [6, 6.07) is 11.0. The monoisotopic (exact) mass is 228 g/mol. The van der Waals surface area contributed by atoms with Gasteiger partial charge in [-0.15, -0.1) is 6.58 Å². The van der Waals surface area contributed by atoms with Crippen molar-refractivity contribution in [2.45, 2.75) is 19.4 Å². The normalized spacial score (nSPS) is 35.8. The molecule has 1 unspecified atom stereocenters. The van der Waals surface area contributed by atoms with Crippen molar-refractivity contribution in [1.29, 1.82) is 0 Å². The van der Waals surface area contributed by atoms with Crippen molar-refractivity contribution >= 4 is 0 Å². The zero-order valence-electron chi connectivity index (χ0n) is 10.5. The number of rotatable bonds is 3. The van der Waals surface area contributed by atoms with E-state index in [4.69, 9.17) is 0 Å². The molecular formula is C16H22N+. The second-order valence-electron chi connectivity index (χ2n) is 5.85. The Morgan fingerprint density at radius 3 is 2.53 bits per heavy atom. The van der Waals surface area contributed by atoms with Gasteiger partial charge in [0.1, 0.15) is 6.54 Å². The van der Waals surface area contributed by atoms with Gasteiger partial charge in [0, 0.05) is 24.3 Å². The third kappa shape index (κ3) is 2.04. The first kappa shape index (κ1) is 11.0. The van der Waals surface area contributed by atoms with E-state index < -0.39 is 0 Å².